The molecule has 0 N–H and O–H groups in total. The van der Waals surface area contributed by atoms with E-state index in [0.717, 1.165) is 12.1 Å². The zero-order valence-electron chi connectivity index (χ0n) is 14.4. The second-order valence-electron chi connectivity index (χ2n) is 6.07. The van der Waals surface area contributed by atoms with Crippen LogP contribution in [0.3, 0.4) is 0 Å². The Balaban J connectivity index is 1.60. The molecule has 0 radical (unpaired) electrons. The third-order valence-electron chi connectivity index (χ3n) is 4.29. The SMILES string of the molecule is O=C(C=Cc1ccc(F)cc1)N1CCN(S(=O)(=O)c2ccc(F)cc2)CC1. The van der Waals surface area contributed by atoms with Crippen molar-refractivity contribution in [2.24, 2.45) is 0 Å². The number of carbonyl (C=O) groups is 1. The predicted octanol–water partition coefficient (Wildman–Crippen LogP) is 2.51. The Kier molecular flexibility index (Phi) is 5.67. The van der Waals surface area contributed by atoms with Gasteiger partial charge in [0.1, 0.15) is 11.6 Å². The minimum absolute atomic E-state index is 0.0277. The summed E-state index contributed by atoms with van der Waals surface area (Å²) in [6.45, 7) is 0.839. The fraction of sp³-hybridized carbons (Fsp3) is 0.211. The van der Waals surface area contributed by atoms with Gasteiger partial charge >= 0.3 is 0 Å². The van der Waals surface area contributed by atoms with Gasteiger partial charge in [0.25, 0.3) is 0 Å². The summed E-state index contributed by atoms with van der Waals surface area (Å²) in [5.74, 6) is -1.09. The monoisotopic (exact) mass is 392 g/mol. The number of benzene rings is 2. The second kappa shape index (κ2) is 7.98. The van der Waals surface area contributed by atoms with Gasteiger partial charge in [-0.1, -0.05) is 12.1 Å². The summed E-state index contributed by atoms with van der Waals surface area (Å²) in [4.78, 5) is 13.8. The van der Waals surface area contributed by atoms with E-state index in [2.05, 4.69) is 0 Å². The average molecular weight is 392 g/mol. The van der Waals surface area contributed by atoms with Gasteiger partial charge in [-0.25, -0.2) is 17.2 Å². The first kappa shape index (κ1) is 19.2. The maximum atomic E-state index is 13.0. The third-order valence-corrected chi connectivity index (χ3v) is 6.20. The van der Waals surface area contributed by atoms with E-state index in [1.807, 2.05) is 0 Å². The van der Waals surface area contributed by atoms with Crippen molar-refractivity contribution in [1.82, 2.24) is 9.21 Å². The zero-order chi connectivity index (χ0) is 19.4. The lowest BCUT2D eigenvalue weighted by atomic mass is 10.2. The van der Waals surface area contributed by atoms with Crippen LogP contribution in [0.5, 0.6) is 0 Å². The van der Waals surface area contributed by atoms with Crippen LogP contribution in [0.1, 0.15) is 5.56 Å². The highest BCUT2D eigenvalue weighted by atomic mass is 32.2. The van der Waals surface area contributed by atoms with Gasteiger partial charge in [-0.2, -0.15) is 4.31 Å². The molecule has 0 spiro atoms. The molecule has 5 nitrogen and oxygen atoms in total. The van der Waals surface area contributed by atoms with Gasteiger partial charge in [0.05, 0.1) is 4.90 Å². The minimum Gasteiger partial charge on any atom is -0.337 e. The number of amides is 1. The Morgan fingerprint density at radius 3 is 1.93 bits per heavy atom. The number of carbonyl (C=O) groups excluding carboxylic acids is 1. The van der Waals surface area contributed by atoms with Gasteiger partial charge in [-0.15, -0.1) is 0 Å². The van der Waals surface area contributed by atoms with E-state index in [9.17, 15) is 22.0 Å². The van der Waals surface area contributed by atoms with Gasteiger partial charge in [-0.3, -0.25) is 4.79 Å². The highest BCUT2D eigenvalue weighted by Gasteiger charge is 2.29. The molecule has 1 fully saturated rings. The van der Waals surface area contributed by atoms with Crippen LogP contribution in [0.2, 0.25) is 0 Å². The van der Waals surface area contributed by atoms with Crippen LogP contribution < -0.4 is 0 Å². The number of rotatable bonds is 4. The minimum atomic E-state index is -3.71. The molecule has 0 aromatic heterocycles. The lowest BCUT2D eigenvalue weighted by molar-refractivity contribution is -0.127. The molecule has 0 saturated carbocycles. The smallest absolute Gasteiger partial charge is 0.246 e. The third kappa shape index (κ3) is 4.58. The highest BCUT2D eigenvalue weighted by Crippen LogP contribution is 2.18. The summed E-state index contributed by atoms with van der Waals surface area (Å²) in [5.41, 5.74) is 0.697. The maximum Gasteiger partial charge on any atom is 0.246 e. The highest BCUT2D eigenvalue weighted by molar-refractivity contribution is 7.89. The molecule has 1 aliphatic rings. The number of piperazine rings is 1. The van der Waals surface area contributed by atoms with E-state index in [1.54, 1.807) is 23.1 Å². The molecular formula is C19H18F2N2O3S. The summed E-state index contributed by atoms with van der Waals surface area (Å²) < 4.78 is 52.3. The van der Waals surface area contributed by atoms with Gasteiger partial charge < -0.3 is 4.90 Å². The Labute approximate surface area is 156 Å². The van der Waals surface area contributed by atoms with Crippen molar-refractivity contribution in [3.8, 4) is 0 Å². The van der Waals surface area contributed by atoms with E-state index in [-0.39, 0.29) is 42.8 Å². The Morgan fingerprint density at radius 1 is 0.852 bits per heavy atom. The van der Waals surface area contributed by atoms with E-state index in [4.69, 9.17) is 0 Å². The van der Waals surface area contributed by atoms with Crippen molar-refractivity contribution in [1.29, 1.82) is 0 Å². The van der Waals surface area contributed by atoms with E-state index < -0.39 is 15.8 Å². The molecule has 142 valence electrons. The normalized spacial score (nSPS) is 16.0. The van der Waals surface area contributed by atoms with Crippen molar-refractivity contribution in [3.63, 3.8) is 0 Å². The van der Waals surface area contributed by atoms with Gasteiger partial charge in [-0.05, 0) is 48.0 Å². The van der Waals surface area contributed by atoms with Crippen LogP contribution >= 0.6 is 0 Å². The first-order valence-corrected chi connectivity index (χ1v) is 9.78. The summed E-state index contributed by atoms with van der Waals surface area (Å²) in [6, 6.07) is 10.4. The number of hydrogen-bond acceptors (Lipinski definition) is 3. The second-order valence-corrected chi connectivity index (χ2v) is 8.01. The van der Waals surface area contributed by atoms with Crippen LogP contribution in [0.15, 0.2) is 59.5 Å². The molecule has 3 rings (SSSR count). The molecule has 27 heavy (non-hydrogen) atoms. The van der Waals surface area contributed by atoms with Crippen LogP contribution in [0, 0.1) is 11.6 Å². The molecule has 1 saturated heterocycles. The summed E-state index contributed by atoms with van der Waals surface area (Å²) >= 11 is 0. The molecule has 2 aromatic rings. The molecule has 1 heterocycles. The fourth-order valence-electron chi connectivity index (χ4n) is 2.75. The quantitative estimate of drug-likeness (QED) is 0.752. The predicted molar refractivity (Wildman–Crippen MR) is 97.2 cm³/mol. The molecule has 0 aliphatic carbocycles. The molecule has 0 bridgehead atoms. The zero-order valence-corrected chi connectivity index (χ0v) is 15.2. The first-order chi connectivity index (χ1) is 12.9. The molecule has 2 aromatic carbocycles. The first-order valence-electron chi connectivity index (χ1n) is 8.34. The number of sulfonamides is 1. The van der Waals surface area contributed by atoms with Crippen molar-refractivity contribution in [3.05, 3.63) is 71.8 Å². The molecule has 0 unspecified atom stereocenters. The van der Waals surface area contributed by atoms with Crippen molar-refractivity contribution < 1.29 is 22.0 Å². The van der Waals surface area contributed by atoms with Gasteiger partial charge in [0.15, 0.2) is 0 Å². The molecule has 1 amide bonds. The molecular weight excluding hydrogens is 374 g/mol. The number of nitrogens with zero attached hydrogens (tertiary/aromatic N) is 2. The van der Waals surface area contributed by atoms with Gasteiger partial charge in [0.2, 0.25) is 15.9 Å². The maximum absolute atomic E-state index is 13.0. The van der Waals surface area contributed by atoms with E-state index >= 15 is 0 Å². The Morgan fingerprint density at radius 2 is 1.37 bits per heavy atom. The summed E-state index contributed by atoms with van der Waals surface area (Å²) in [7, 11) is -3.71. The van der Waals surface area contributed by atoms with E-state index in [0.29, 0.717) is 5.56 Å². The standard InChI is InChI=1S/C19H18F2N2O3S/c20-16-4-1-15(2-5-16)3-10-19(24)22-11-13-23(14-12-22)27(25,26)18-8-6-17(21)7-9-18/h1-10H,11-14H2. The molecule has 8 heteroatoms. The largest absolute Gasteiger partial charge is 0.337 e. The van der Waals surface area contributed by atoms with Crippen LogP contribution in [-0.4, -0.2) is 49.7 Å². The summed E-state index contributed by atoms with van der Waals surface area (Å²) in [5, 5.41) is 0. The van der Waals surface area contributed by atoms with E-state index in [1.165, 1.54) is 34.6 Å². The lowest BCUT2D eigenvalue weighted by Crippen LogP contribution is -2.50. The van der Waals surface area contributed by atoms with Gasteiger partial charge in [0, 0.05) is 32.3 Å². The van der Waals surface area contributed by atoms with Crippen LogP contribution in [-0.2, 0) is 14.8 Å². The van der Waals surface area contributed by atoms with Crippen molar-refractivity contribution >= 4 is 22.0 Å². The van der Waals surface area contributed by atoms with Crippen molar-refractivity contribution in [2.45, 2.75) is 4.90 Å². The van der Waals surface area contributed by atoms with Crippen molar-refractivity contribution in [2.75, 3.05) is 26.2 Å². The fourth-order valence-corrected chi connectivity index (χ4v) is 4.17. The number of hydrogen-bond donors (Lipinski definition) is 0. The van der Waals surface area contributed by atoms with Crippen LogP contribution in [0.4, 0.5) is 8.78 Å². The molecule has 1 aliphatic heterocycles. The number of halogens is 2. The Bertz CT molecular complexity index is 934. The summed E-state index contributed by atoms with van der Waals surface area (Å²) in [6.07, 6.45) is 2.97. The van der Waals surface area contributed by atoms with Crippen LogP contribution in [0.25, 0.3) is 6.08 Å². The lowest BCUT2D eigenvalue weighted by Gasteiger charge is -2.33. The molecule has 0 atom stereocenters. The average Bonchev–Trinajstić information content (AvgIpc) is 2.68. The Hall–Kier alpha value is -2.58. The topological polar surface area (TPSA) is 57.7 Å².